The van der Waals surface area contributed by atoms with Gasteiger partial charge < -0.3 is 5.73 Å². The van der Waals surface area contributed by atoms with E-state index in [-0.39, 0.29) is 11.0 Å². The van der Waals surface area contributed by atoms with Crippen molar-refractivity contribution in [3.8, 4) is 0 Å². The fourth-order valence-electron chi connectivity index (χ4n) is 0.962. The quantitative estimate of drug-likeness (QED) is 0.781. The second-order valence-corrected chi connectivity index (χ2v) is 3.48. The Hall–Kier alpha value is -0.620. The molecule has 0 atom stereocenters. The molecule has 1 aromatic rings. The van der Waals surface area contributed by atoms with Crippen LogP contribution in [-0.2, 0) is 12.7 Å². The standard InChI is InChI=1S/C8H6BrF4N/c9-6-2-5(8(11,12)13)7(10)1-4(6)3-14/h1-2H,3,14H2. The summed E-state index contributed by atoms with van der Waals surface area (Å²) in [4.78, 5) is 0. The summed E-state index contributed by atoms with van der Waals surface area (Å²) < 4.78 is 49.6. The lowest BCUT2D eigenvalue weighted by Crippen LogP contribution is -2.10. The van der Waals surface area contributed by atoms with Crippen LogP contribution in [0.4, 0.5) is 17.6 Å². The van der Waals surface area contributed by atoms with Gasteiger partial charge in [0.05, 0.1) is 5.56 Å². The highest BCUT2D eigenvalue weighted by Gasteiger charge is 2.34. The predicted molar refractivity (Wildman–Crippen MR) is 47.0 cm³/mol. The van der Waals surface area contributed by atoms with Crippen LogP contribution < -0.4 is 5.73 Å². The van der Waals surface area contributed by atoms with Gasteiger partial charge in [-0.3, -0.25) is 0 Å². The number of halogens is 5. The van der Waals surface area contributed by atoms with Crippen molar-refractivity contribution in [1.82, 2.24) is 0 Å². The van der Waals surface area contributed by atoms with E-state index < -0.39 is 17.6 Å². The lowest BCUT2D eigenvalue weighted by Gasteiger charge is -2.10. The molecule has 0 saturated heterocycles. The second kappa shape index (κ2) is 3.86. The van der Waals surface area contributed by atoms with Crippen molar-refractivity contribution in [1.29, 1.82) is 0 Å². The molecule has 0 heterocycles. The van der Waals surface area contributed by atoms with Crippen LogP contribution in [0, 0.1) is 5.82 Å². The predicted octanol–water partition coefficient (Wildman–Crippen LogP) is 3.07. The summed E-state index contributed by atoms with van der Waals surface area (Å²) in [5, 5.41) is 0. The lowest BCUT2D eigenvalue weighted by molar-refractivity contribution is -0.140. The molecule has 0 radical (unpaired) electrons. The Morgan fingerprint density at radius 1 is 1.29 bits per heavy atom. The first kappa shape index (κ1) is 11.5. The van der Waals surface area contributed by atoms with E-state index >= 15 is 0 Å². The number of rotatable bonds is 1. The SMILES string of the molecule is NCc1cc(F)c(C(F)(F)F)cc1Br. The van der Waals surface area contributed by atoms with Crippen LogP contribution in [0.2, 0.25) is 0 Å². The van der Waals surface area contributed by atoms with Crippen molar-refractivity contribution in [2.24, 2.45) is 5.73 Å². The first-order valence-electron chi connectivity index (χ1n) is 3.61. The summed E-state index contributed by atoms with van der Waals surface area (Å²) in [5.74, 6) is -1.30. The van der Waals surface area contributed by atoms with E-state index in [4.69, 9.17) is 5.73 Å². The van der Waals surface area contributed by atoms with Gasteiger partial charge in [0, 0.05) is 11.0 Å². The normalized spacial score (nSPS) is 11.9. The number of nitrogens with two attached hydrogens (primary N) is 1. The van der Waals surface area contributed by atoms with Gasteiger partial charge in [-0.25, -0.2) is 4.39 Å². The van der Waals surface area contributed by atoms with Gasteiger partial charge in [0.15, 0.2) is 0 Å². The van der Waals surface area contributed by atoms with E-state index in [1.807, 2.05) is 0 Å². The minimum atomic E-state index is -4.68. The smallest absolute Gasteiger partial charge is 0.326 e. The zero-order valence-corrected chi connectivity index (χ0v) is 8.41. The summed E-state index contributed by atoms with van der Waals surface area (Å²) in [6.45, 7) is -0.0182. The second-order valence-electron chi connectivity index (χ2n) is 2.63. The van der Waals surface area contributed by atoms with Gasteiger partial charge in [-0.15, -0.1) is 0 Å². The van der Waals surface area contributed by atoms with Gasteiger partial charge in [-0.05, 0) is 17.7 Å². The van der Waals surface area contributed by atoms with Crippen molar-refractivity contribution in [3.63, 3.8) is 0 Å². The van der Waals surface area contributed by atoms with Gasteiger partial charge >= 0.3 is 6.18 Å². The number of hydrogen-bond donors (Lipinski definition) is 1. The molecule has 0 unspecified atom stereocenters. The van der Waals surface area contributed by atoms with Crippen LogP contribution >= 0.6 is 15.9 Å². The number of benzene rings is 1. The molecule has 0 aromatic heterocycles. The Bertz CT molecular complexity index is 348. The molecule has 0 aliphatic rings. The van der Waals surface area contributed by atoms with Gasteiger partial charge in [0.2, 0.25) is 0 Å². The molecule has 0 fully saturated rings. The van der Waals surface area contributed by atoms with E-state index in [0.29, 0.717) is 11.6 Å². The molecular formula is C8H6BrF4N. The first-order valence-corrected chi connectivity index (χ1v) is 4.40. The lowest BCUT2D eigenvalue weighted by atomic mass is 10.1. The van der Waals surface area contributed by atoms with Crippen LogP contribution in [0.25, 0.3) is 0 Å². The van der Waals surface area contributed by atoms with Crippen molar-refractivity contribution >= 4 is 15.9 Å². The van der Waals surface area contributed by atoms with Gasteiger partial charge in [0.1, 0.15) is 5.82 Å². The first-order chi connectivity index (χ1) is 6.36. The molecule has 1 nitrogen and oxygen atoms in total. The number of alkyl halides is 3. The topological polar surface area (TPSA) is 26.0 Å². The molecule has 2 N–H and O–H groups in total. The molecule has 1 rings (SSSR count). The zero-order chi connectivity index (χ0) is 10.9. The van der Waals surface area contributed by atoms with Crippen molar-refractivity contribution in [2.75, 3.05) is 0 Å². The Balaban J connectivity index is 3.29. The van der Waals surface area contributed by atoms with E-state index in [9.17, 15) is 17.6 Å². The maximum Gasteiger partial charge on any atom is 0.419 e. The monoisotopic (exact) mass is 271 g/mol. The molecule has 6 heteroatoms. The molecule has 0 aliphatic heterocycles. The highest BCUT2D eigenvalue weighted by atomic mass is 79.9. The highest BCUT2D eigenvalue weighted by molar-refractivity contribution is 9.10. The van der Waals surface area contributed by atoms with E-state index in [1.165, 1.54) is 0 Å². The summed E-state index contributed by atoms with van der Waals surface area (Å²) in [5.41, 5.74) is 4.21. The van der Waals surface area contributed by atoms with Crippen molar-refractivity contribution in [3.05, 3.63) is 33.5 Å². The van der Waals surface area contributed by atoms with E-state index in [0.717, 1.165) is 6.07 Å². The number of hydrogen-bond acceptors (Lipinski definition) is 1. The molecule has 0 amide bonds. The minimum absolute atomic E-state index is 0.0182. The Morgan fingerprint density at radius 2 is 1.86 bits per heavy atom. The minimum Gasteiger partial charge on any atom is -0.326 e. The molecule has 0 spiro atoms. The van der Waals surface area contributed by atoms with Crippen molar-refractivity contribution in [2.45, 2.75) is 12.7 Å². The Kier molecular flexibility index (Phi) is 3.16. The molecule has 1 aromatic carbocycles. The summed E-state index contributed by atoms with van der Waals surface area (Å²) in [6, 6.07) is 1.48. The molecule has 0 saturated carbocycles. The third-order valence-corrected chi connectivity index (χ3v) is 2.40. The van der Waals surface area contributed by atoms with Crippen LogP contribution in [-0.4, -0.2) is 0 Å². The zero-order valence-electron chi connectivity index (χ0n) is 6.83. The fourth-order valence-corrected chi connectivity index (χ4v) is 1.47. The maximum absolute atomic E-state index is 12.9. The molecule has 0 aliphatic carbocycles. The van der Waals surface area contributed by atoms with Crippen LogP contribution in [0.3, 0.4) is 0 Å². The van der Waals surface area contributed by atoms with Gasteiger partial charge in [-0.2, -0.15) is 13.2 Å². The average molecular weight is 272 g/mol. The summed E-state index contributed by atoms with van der Waals surface area (Å²) in [7, 11) is 0. The van der Waals surface area contributed by atoms with Crippen LogP contribution in [0.15, 0.2) is 16.6 Å². The fraction of sp³-hybridized carbons (Fsp3) is 0.250. The Morgan fingerprint density at radius 3 is 2.29 bits per heavy atom. The highest BCUT2D eigenvalue weighted by Crippen LogP contribution is 2.34. The third kappa shape index (κ3) is 2.24. The maximum atomic E-state index is 12.9. The molecule has 0 bridgehead atoms. The van der Waals surface area contributed by atoms with E-state index in [1.54, 1.807) is 0 Å². The molecule has 14 heavy (non-hydrogen) atoms. The van der Waals surface area contributed by atoms with Crippen LogP contribution in [0.1, 0.15) is 11.1 Å². The van der Waals surface area contributed by atoms with Gasteiger partial charge in [-0.1, -0.05) is 15.9 Å². The average Bonchev–Trinajstić information content (AvgIpc) is 2.06. The largest absolute Gasteiger partial charge is 0.419 e. The van der Waals surface area contributed by atoms with Gasteiger partial charge in [0.25, 0.3) is 0 Å². The van der Waals surface area contributed by atoms with Crippen molar-refractivity contribution < 1.29 is 17.6 Å². The third-order valence-electron chi connectivity index (χ3n) is 1.66. The Labute approximate surface area is 86.0 Å². The summed E-state index contributed by atoms with van der Waals surface area (Å²) in [6.07, 6.45) is -4.68. The van der Waals surface area contributed by atoms with Crippen LogP contribution in [0.5, 0.6) is 0 Å². The van der Waals surface area contributed by atoms with E-state index in [2.05, 4.69) is 15.9 Å². The molecular weight excluding hydrogens is 266 g/mol. The summed E-state index contributed by atoms with van der Waals surface area (Å²) >= 11 is 2.89. The molecule has 78 valence electrons.